The van der Waals surface area contributed by atoms with Crippen LogP contribution in [0, 0.1) is 0 Å². The molecule has 0 spiro atoms. The molecule has 4 heteroatoms. The summed E-state index contributed by atoms with van der Waals surface area (Å²) in [6.45, 7) is 2.92. The summed E-state index contributed by atoms with van der Waals surface area (Å²) < 4.78 is 5.38. The number of hydrogen-bond acceptors (Lipinski definition) is 3. The lowest BCUT2D eigenvalue weighted by Gasteiger charge is -2.40. The van der Waals surface area contributed by atoms with Gasteiger partial charge in [0.05, 0.1) is 6.10 Å². The van der Waals surface area contributed by atoms with E-state index in [9.17, 15) is 4.79 Å². The van der Waals surface area contributed by atoms with Crippen LogP contribution in [0.25, 0.3) is 0 Å². The summed E-state index contributed by atoms with van der Waals surface area (Å²) >= 11 is 0. The summed E-state index contributed by atoms with van der Waals surface area (Å²) in [6, 6.07) is 0. The maximum atomic E-state index is 11.1. The third-order valence-corrected chi connectivity index (χ3v) is 3.20. The molecule has 0 bridgehead atoms. The Balaban J connectivity index is 2.65. The molecule has 0 radical (unpaired) electrons. The van der Waals surface area contributed by atoms with E-state index in [4.69, 9.17) is 10.5 Å². The van der Waals surface area contributed by atoms with Crippen LogP contribution in [0.5, 0.6) is 0 Å². The molecule has 1 rings (SSSR count). The first-order valence-corrected chi connectivity index (χ1v) is 5.68. The van der Waals surface area contributed by atoms with E-state index in [1.807, 2.05) is 0 Å². The number of amides is 1. The Morgan fingerprint density at radius 3 is 2.93 bits per heavy atom. The van der Waals surface area contributed by atoms with Crippen LogP contribution in [-0.4, -0.2) is 31.2 Å². The van der Waals surface area contributed by atoms with Crippen molar-refractivity contribution in [3.05, 3.63) is 0 Å². The first kappa shape index (κ1) is 12.5. The minimum absolute atomic E-state index is 0.125. The highest BCUT2D eigenvalue weighted by atomic mass is 16.5. The molecular formula is C11H22N2O2. The minimum Gasteiger partial charge on any atom is -0.381 e. The van der Waals surface area contributed by atoms with E-state index in [-0.39, 0.29) is 17.6 Å². The summed E-state index contributed by atoms with van der Waals surface area (Å²) in [4.78, 5) is 11.1. The van der Waals surface area contributed by atoms with Gasteiger partial charge in [-0.2, -0.15) is 0 Å². The van der Waals surface area contributed by atoms with Crippen LogP contribution in [0.1, 0.15) is 39.0 Å². The molecule has 0 aromatic heterocycles. The van der Waals surface area contributed by atoms with Gasteiger partial charge in [0, 0.05) is 19.1 Å². The average Bonchev–Trinajstić information content (AvgIpc) is 2.17. The number of rotatable bonds is 5. The molecule has 3 N–H and O–H groups in total. The third kappa shape index (κ3) is 3.47. The maximum absolute atomic E-state index is 11.1. The molecule has 0 aliphatic heterocycles. The molecule has 2 unspecified atom stereocenters. The molecule has 0 aromatic rings. The van der Waals surface area contributed by atoms with Gasteiger partial charge in [0.15, 0.2) is 0 Å². The average molecular weight is 214 g/mol. The van der Waals surface area contributed by atoms with Crippen LogP contribution in [0.3, 0.4) is 0 Å². The van der Waals surface area contributed by atoms with Gasteiger partial charge >= 0.3 is 0 Å². The van der Waals surface area contributed by atoms with Gasteiger partial charge in [0.2, 0.25) is 5.91 Å². The van der Waals surface area contributed by atoms with Crippen molar-refractivity contribution in [3.8, 4) is 0 Å². The predicted octanol–water partition coefficient (Wildman–Crippen LogP) is 0.799. The molecule has 1 saturated carbocycles. The quantitative estimate of drug-likeness (QED) is 0.711. The lowest BCUT2D eigenvalue weighted by Crippen LogP contribution is -2.52. The number of nitrogens with two attached hydrogens (primary N) is 1. The van der Waals surface area contributed by atoms with E-state index in [0.29, 0.717) is 6.42 Å². The van der Waals surface area contributed by atoms with Crippen LogP contribution < -0.4 is 11.1 Å². The topological polar surface area (TPSA) is 64.3 Å². The van der Waals surface area contributed by atoms with Crippen molar-refractivity contribution >= 4 is 5.91 Å². The van der Waals surface area contributed by atoms with Crippen LogP contribution >= 0.6 is 0 Å². The fourth-order valence-electron chi connectivity index (χ4n) is 2.60. The maximum Gasteiger partial charge on any atom is 0.219 e. The van der Waals surface area contributed by atoms with Gasteiger partial charge in [0.1, 0.15) is 0 Å². The molecule has 1 aliphatic carbocycles. The van der Waals surface area contributed by atoms with Gasteiger partial charge in [-0.1, -0.05) is 6.92 Å². The molecule has 1 fully saturated rings. The number of hydrogen-bond donors (Lipinski definition) is 2. The Labute approximate surface area is 91.5 Å². The zero-order valence-corrected chi connectivity index (χ0v) is 9.71. The van der Waals surface area contributed by atoms with E-state index < -0.39 is 0 Å². The highest BCUT2D eigenvalue weighted by molar-refractivity contribution is 5.75. The zero-order chi connectivity index (χ0) is 11.3. The van der Waals surface area contributed by atoms with Gasteiger partial charge in [-0.3, -0.25) is 4.79 Å². The second kappa shape index (κ2) is 5.47. The van der Waals surface area contributed by atoms with Gasteiger partial charge in [0.25, 0.3) is 0 Å². The molecule has 4 nitrogen and oxygen atoms in total. The number of carbonyl (C=O) groups is 1. The Morgan fingerprint density at radius 1 is 1.67 bits per heavy atom. The van der Waals surface area contributed by atoms with Crippen molar-refractivity contribution in [2.75, 3.05) is 13.7 Å². The highest BCUT2D eigenvalue weighted by Crippen LogP contribution is 2.32. The minimum atomic E-state index is -0.229. The summed E-state index contributed by atoms with van der Waals surface area (Å²) in [5.74, 6) is -0.229. The first-order chi connectivity index (χ1) is 7.12. The second-order valence-electron chi connectivity index (χ2n) is 4.41. The molecule has 0 heterocycles. The number of primary amides is 1. The largest absolute Gasteiger partial charge is 0.381 e. The van der Waals surface area contributed by atoms with Crippen LogP contribution in [-0.2, 0) is 9.53 Å². The summed E-state index contributed by atoms with van der Waals surface area (Å²) in [5.41, 5.74) is 5.18. The van der Waals surface area contributed by atoms with Gasteiger partial charge in [-0.25, -0.2) is 0 Å². The van der Waals surface area contributed by atoms with Crippen molar-refractivity contribution in [2.24, 2.45) is 5.73 Å². The SMILES string of the molecule is CCNC1(CC(N)=O)CCCC(OC)C1. The van der Waals surface area contributed by atoms with Crippen molar-refractivity contribution in [2.45, 2.75) is 50.7 Å². The lowest BCUT2D eigenvalue weighted by molar-refractivity contribution is -0.120. The number of carbonyl (C=O) groups excluding carboxylic acids is 1. The second-order valence-corrected chi connectivity index (χ2v) is 4.41. The number of methoxy groups -OCH3 is 1. The highest BCUT2D eigenvalue weighted by Gasteiger charge is 2.36. The normalized spacial score (nSPS) is 31.5. The molecule has 2 atom stereocenters. The van der Waals surface area contributed by atoms with Crippen molar-refractivity contribution in [1.29, 1.82) is 0 Å². The van der Waals surface area contributed by atoms with E-state index in [0.717, 1.165) is 32.2 Å². The van der Waals surface area contributed by atoms with Crippen molar-refractivity contribution in [1.82, 2.24) is 5.32 Å². The number of ether oxygens (including phenoxy) is 1. The van der Waals surface area contributed by atoms with E-state index >= 15 is 0 Å². The fourth-order valence-corrected chi connectivity index (χ4v) is 2.60. The van der Waals surface area contributed by atoms with E-state index in [2.05, 4.69) is 12.2 Å². The van der Waals surface area contributed by atoms with Crippen molar-refractivity contribution < 1.29 is 9.53 Å². The van der Waals surface area contributed by atoms with Crippen molar-refractivity contribution in [3.63, 3.8) is 0 Å². The monoisotopic (exact) mass is 214 g/mol. The van der Waals surface area contributed by atoms with Gasteiger partial charge in [-0.15, -0.1) is 0 Å². The first-order valence-electron chi connectivity index (χ1n) is 5.68. The Morgan fingerprint density at radius 2 is 2.40 bits per heavy atom. The van der Waals surface area contributed by atoms with Gasteiger partial charge < -0.3 is 15.8 Å². The molecular weight excluding hydrogens is 192 g/mol. The Kier molecular flexibility index (Phi) is 4.54. The molecule has 15 heavy (non-hydrogen) atoms. The standard InChI is InChI=1S/C11H22N2O2/c1-3-13-11(8-10(12)14)6-4-5-9(7-11)15-2/h9,13H,3-8H2,1-2H3,(H2,12,14). The Hall–Kier alpha value is -0.610. The predicted molar refractivity (Wildman–Crippen MR) is 59.5 cm³/mol. The summed E-state index contributed by atoms with van der Waals surface area (Å²) in [6.07, 6.45) is 4.77. The van der Waals surface area contributed by atoms with E-state index in [1.165, 1.54) is 0 Å². The zero-order valence-electron chi connectivity index (χ0n) is 9.71. The molecule has 0 aromatic carbocycles. The summed E-state index contributed by atoms with van der Waals surface area (Å²) in [5, 5.41) is 3.41. The molecule has 88 valence electrons. The van der Waals surface area contributed by atoms with E-state index in [1.54, 1.807) is 7.11 Å². The third-order valence-electron chi connectivity index (χ3n) is 3.20. The molecule has 1 amide bonds. The smallest absolute Gasteiger partial charge is 0.219 e. The summed E-state index contributed by atoms with van der Waals surface area (Å²) in [7, 11) is 1.73. The molecule has 1 aliphatic rings. The van der Waals surface area contributed by atoms with Gasteiger partial charge in [-0.05, 0) is 32.2 Å². The van der Waals surface area contributed by atoms with Crippen LogP contribution in [0.4, 0.5) is 0 Å². The molecule has 0 saturated heterocycles. The van der Waals surface area contributed by atoms with Crippen LogP contribution in [0.2, 0.25) is 0 Å². The fraction of sp³-hybridized carbons (Fsp3) is 0.909. The number of nitrogens with one attached hydrogen (secondary N) is 1. The van der Waals surface area contributed by atoms with Crippen LogP contribution in [0.15, 0.2) is 0 Å². The lowest BCUT2D eigenvalue weighted by atomic mass is 9.77. The Bertz CT molecular complexity index is 217.